The van der Waals surface area contributed by atoms with Crippen LogP contribution in [0.25, 0.3) is 0 Å². The van der Waals surface area contributed by atoms with Crippen LogP contribution >= 0.6 is 11.3 Å². The summed E-state index contributed by atoms with van der Waals surface area (Å²) in [4.78, 5) is 14.3. The van der Waals surface area contributed by atoms with E-state index < -0.39 is 16.2 Å². The van der Waals surface area contributed by atoms with Crippen LogP contribution in [0.5, 0.6) is 0 Å². The standard InChI is InChI=1S/C7H11N3O4S2/c1-10(2)16(13,14)8-3-6-9-5(4-15-6)7(11)12/h4,8H,3H2,1-2H3,(H,11,12). The van der Waals surface area contributed by atoms with E-state index in [0.29, 0.717) is 5.01 Å². The molecule has 0 saturated heterocycles. The van der Waals surface area contributed by atoms with Gasteiger partial charge in [0.05, 0.1) is 6.54 Å². The van der Waals surface area contributed by atoms with E-state index in [0.717, 1.165) is 15.6 Å². The Morgan fingerprint density at radius 3 is 2.69 bits per heavy atom. The number of nitrogens with one attached hydrogen (secondary N) is 1. The molecule has 0 aromatic carbocycles. The first kappa shape index (κ1) is 13.0. The van der Waals surface area contributed by atoms with Crippen LogP contribution in [-0.2, 0) is 16.8 Å². The van der Waals surface area contributed by atoms with Crippen molar-refractivity contribution in [3.8, 4) is 0 Å². The second kappa shape index (κ2) is 4.87. The van der Waals surface area contributed by atoms with Crippen LogP contribution < -0.4 is 4.72 Å². The highest BCUT2D eigenvalue weighted by atomic mass is 32.2. The fourth-order valence-electron chi connectivity index (χ4n) is 0.772. The molecule has 2 N–H and O–H groups in total. The second-order valence-corrected chi connectivity index (χ2v) is 5.95. The predicted molar refractivity (Wildman–Crippen MR) is 58.5 cm³/mol. The fourth-order valence-corrected chi connectivity index (χ4v) is 2.15. The molecule has 0 bridgehead atoms. The lowest BCUT2D eigenvalue weighted by Gasteiger charge is -2.10. The minimum Gasteiger partial charge on any atom is -0.476 e. The van der Waals surface area contributed by atoms with Crippen molar-refractivity contribution in [2.24, 2.45) is 0 Å². The third-order valence-corrected chi connectivity index (χ3v) is 3.98. The highest BCUT2D eigenvalue weighted by molar-refractivity contribution is 7.87. The Morgan fingerprint density at radius 2 is 2.25 bits per heavy atom. The van der Waals surface area contributed by atoms with E-state index in [1.165, 1.54) is 19.5 Å². The van der Waals surface area contributed by atoms with Crippen LogP contribution in [0.15, 0.2) is 5.38 Å². The van der Waals surface area contributed by atoms with Gasteiger partial charge in [0.1, 0.15) is 5.01 Å². The summed E-state index contributed by atoms with van der Waals surface area (Å²) in [6.45, 7) is -0.0154. The van der Waals surface area contributed by atoms with Crippen molar-refractivity contribution in [3.05, 3.63) is 16.1 Å². The highest BCUT2D eigenvalue weighted by Crippen LogP contribution is 2.09. The smallest absolute Gasteiger partial charge is 0.355 e. The van der Waals surface area contributed by atoms with Gasteiger partial charge in [-0.25, -0.2) is 9.78 Å². The van der Waals surface area contributed by atoms with Crippen LogP contribution in [0.3, 0.4) is 0 Å². The molecule has 0 aliphatic rings. The van der Waals surface area contributed by atoms with Gasteiger partial charge in [0.2, 0.25) is 0 Å². The van der Waals surface area contributed by atoms with Gasteiger partial charge in [0.15, 0.2) is 5.69 Å². The lowest BCUT2D eigenvalue weighted by molar-refractivity contribution is 0.0691. The zero-order valence-electron chi connectivity index (χ0n) is 8.67. The third kappa shape index (κ3) is 3.23. The van der Waals surface area contributed by atoms with Gasteiger partial charge in [0, 0.05) is 19.5 Å². The molecule has 0 saturated carbocycles. The molecule has 0 aliphatic carbocycles. The van der Waals surface area contributed by atoms with Gasteiger partial charge in [-0.05, 0) is 0 Å². The maximum absolute atomic E-state index is 11.3. The fraction of sp³-hybridized carbons (Fsp3) is 0.429. The molecule has 1 rings (SSSR count). The zero-order chi connectivity index (χ0) is 12.3. The zero-order valence-corrected chi connectivity index (χ0v) is 10.3. The Bertz CT molecular complexity index is 480. The molecule has 0 atom stereocenters. The van der Waals surface area contributed by atoms with E-state index in [1.54, 1.807) is 0 Å². The second-order valence-electron chi connectivity index (χ2n) is 3.04. The van der Waals surface area contributed by atoms with Gasteiger partial charge in [-0.3, -0.25) is 0 Å². The van der Waals surface area contributed by atoms with Crippen LogP contribution in [0.4, 0.5) is 0 Å². The van der Waals surface area contributed by atoms with Crippen LogP contribution in [0.2, 0.25) is 0 Å². The molecule has 0 spiro atoms. The van der Waals surface area contributed by atoms with Crippen LogP contribution in [0.1, 0.15) is 15.5 Å². The molecule has 90 valence electrons. The van der Waals surface area contributed by atoms with Crippen molar-refractivity contribution in [1.82, 2.24) is 14.0 Å². The topological polar surface area (TPSA) is 99.6 Å². The minimum atomic E-state index is -3.50. The Labute approximate surface area is 96.9 Å². The summed E-state index contributed by atoms with van der Waals surface area (Å²) in [5.41, 5.74) is -0.0796. The molecule has 0 amide bonds. The maximum Gasteiger partial charge on any atom is 0.355 e. The number of hydrogen-bond acceptors (Lipinski definition) is 5. The highest BCUT2D eigenvalue weighted by Gasteiger charge is 2.14. The van der Waals surface area contributed by atoms with Gasteiger partial charge in [-0.2, -0.15) is 17.4 Å². The maximum atomic E-state index is 11.3. The van der Waals surface area contributed by atoms with Gasteiger partial charge in [0.25, 0.3) is 10.2 Å². The number of carbonyl (C=O) groups is 1. The van der Waals surface area contributed by atoms with E-state index in [4.69, 9.17) is 5.11 Å². The summed E-state index contributed by atoms with van der Waals surface area (Å²) in [6, 6.07) is 0. The van der Waals surface area contributed by atoms with Gasteiger partial charge in [-0.1, -0.05) is 0 Å². The number of thiazole rings is 1. The van der Waals surface area contributed by atoms with E-state index in [1.807, 2.05) is 0 Å². The molecule has 0 unspecified atom stereocenters. The summed E-state index contributed by atoms with van der Waals surface area (Å²) in [5, 5.41) is 10.4. The van der Waals surface area contributed by atoms with Crippen LogP contribution in [0, 0.1) is 0 Å². The number of hydrogen-bond donors (Lipinski definition) is 2. The molecule has 0 radical (unpaired) electrons. The molecule has 1 aromatic heterocycles. The number of rotatable bonds is 5. The number of carboxylic acid groups (broad SMARTS) is 1. The van der Waals surface area contributed by atoms with Gasteiger partial charge in [-0.15, -0.1) is 11.3 Å². The van der Waals surface area contributed by atoms with E-state index in [2.05, 4.69) is 9.71 Å². The molecular formula is C7H11N3O4S2. The lowest BCUT2D eigenvalue weighted by Crippen LogP contribution is -2.35. The summed E-state index contributed by atoms with van der Waals surface area (Å²) in [7, 11) is -0.713. The van der Waals surface area contributed by atoms with Crippen molar-refractivity contribution in [3.63, 3.8) is 0 Å². The molecule has 1 heterocycles. The largest absolute Gasteiger partial charge is 0.476 e. The summed E-state index contributed by atoms with van der Waals surface area (Å²) >= 11 is 1.09. The van der Waals surface area contributed by atoms with Crippen molar-refractivity contribution in [2.45, 2.75) is 6.54 Å². The van der Waals surface area contributed by atoms with Gasteiger partial charge >= 0.3 is 5.97 Å². The average molecular weight is 265 g/mol. The van der Waals surface area contributed by atoms with Crippen molar-refractivity contribution in [1.29, 1.82) is 0 Å². The number of carboxylic acids is 1. The predicted octanol–water partition coefficient (Wildman–Crippen LogP) is -0.263. The molecule has 0 fully saturated rings. The average Bonchev–Trinajstić information content (AvgIpc) is 2.63. The van der Waals surface area contributed by atoms with E-state index in [9.17, 15) is 13.2 Å². The Kier molecular flexibility index (Phi) is 3.97. The Hall–Kier alpha value is -1.03. The molecular weight excluding hydrogens is 254 g/mol. The third-order valence-electron chi connectivity index (χ3n) is 1.66. The van der Waals surface area contributed by atoms with Crippen molar-refractivity contribution in [2.75, 3.05) is 14.1 Å². The molecule has 9 heteroatoms. The Morgan fingerprint density at radius 1 is 1.62 bits per heavy atom. The molecule has 0 aliphatic heterocycles. The molecule has 16 heavy (non-hydrogen) atoms. The normalized spacial score (nSPS) is 11.9. The summed E-state index contributed by atoms with van der Waals surface area (Å²) in [5.74, 6) is -1.13. The Balaban J connectivity index is 2.65. The number of aromatic nitrogens is 1. The number of aromatic carboxylic acids is 1. The lowest BCUT2D eigenvalue weighted by atomic mass is 10.5. The monoisotopic (exact) mass is 265 g/mol. The summed E-state index contributed by atoms with van der Waals surface area (Å²) in [6.07, 6.45) is 0. The molecule has 7 nitrogen and oxygen atoms in total. The quantitative estimate of drug-likeness (QED) is 0.764. The SMILES string of the molecule is CN(C)S(=O)(=O)NCc1nc(C(=O)O)cs1. The van der Waals surface area contributed by atoms with Crippen molar-refractivity contribution >= 4 is 27.5 Å². The first-order chi connectivity index (χ1) is 7.33. The van der Waals surface area contributed by atoms with Crippen molar-refractivity contribution < 1.29 is 18.3 Å². The molecule has 1 aromatic rings. The number of nitrogens with zero attached hydrogens (tertiary/aromatic N) is 2. The summed E-state index contributed by atoms with van der Waals surface area (Å²) < 4.78 is 25.9. The van der Waals surface area contributed by atoms with Gasteiger partial charge < -0.3 is 5.11 Å². The van der Waals surface area contributed by atoms with E-state index >= 15 is 0 Å². The van der Waals surface area contributed by atoms with Crippen LogP contribution in [-0.4, -0.2) is 42.9 Å². The first-order valence-electron chi connectivity index (χ1n) is 4.18. The first-order valence-corrected chi connectivity index (χ1v) is 6.49. The minimum absolute atomic E-state index is 0.0154. The van der Waals surface area contributed by atoms with E-state index in [-0.39, 0.29) is 12.2 Å².